The number of rotatable bonds is 7. The summed E-state index contributed by atoms with van der Waals surface area (Å²) in [6.45, 7) is 1.96. The monoisotopic (exact) mass is 411 g/mol. The van der Waals surface area contributed by atoms with Gasteiger partial charge in [-0.05, 0) is 42.8 Å². The van der Waals surface area contributed by atoms with Gasteiger partial charge in [0.05, 0.1) is 26.3 Å². The Morgan fingerprint density at radius 1 is 1.03 bits per heavy atom. The maximum absolute atomic E-state index is 12.5. The predicted molar refractivity (Wildman–Crippen MR) is 113 cm³/mol. The molecule has 150 valence electrons. The van der Waals surface area contributed by atoms with E-state index in [1.54, 1.807) is 23.6 Å². The molecule has 2 N–H and O–H groups in total. The van der Waals surface area contributed by atoms with Gasteiger partial charge in [-0.3, -0.25) is 14.9 Å². The van der Waals surface area contributed by atoms with Gasteiger partial charge in [0, 0.05) is 16.6 Å². The Balaban J connectivity index is 1.61. The normalized spacial score (nSPS) is 10.3. The van der Waals surface area contributed by atoms with Crippen LogP contribution in [0.3, 0.4) is 0 Å². The third-order valence-corrected chi connectivity index (χ3v) is 4.87. The fraction of sp³-hybridized carbons (Fsp3) is 0.190. The second-order valence-corrected chi connectivity index (χ2v) is 7.12. The number of benzene rings is 2. The van der Waals surface area contributed by atoms with Crippen molar-refractivity contribution in [1.29, 1.82) is 0 Å². The third kappa shape index (κ3) is 5.32. The molecule has 0 aliphatic rings. The lowest BCUT2D eigenvalue weighted by Crippen LogP contribution is -2.15. The van der Waals surface area contributed by atoms with Crippen molar-refractivity contribution in [3.63, 3.8) is 0 Å². The highest BCUT2D eigenvalue weighted by molar-refractivity contribution is 7.14. The maximum atomic E-state index is 12.5. The van der Waals surface area contributed by atoms with Gasteiger partial charge in [0.1, 0.15) is 0 Å². The molecule has 0 saturated heterocycles. The van der Waals surface area contributed by atoms with Crippen molar-refractivity contribution in [2.75, 3.05) is 24.9 Å². The molecular weight excluding hydrogens is 390 g/mol. The van der Waals surface area contributed by atoms with Crippen LogP contribution in [0.15, 0.2) is 47.8 Å². The van der Waals surface area contributed by atoms with Crippen molar-refractivity contribution in [1.82, 2.24) is 4.98 Å². The van der Waals surface area contributed by atoms with E-state index in [1.165, 1.54) is 25.6 Å². The lowest BCUT2D eigenvalue weighted by molar-refractivity contribution is -0.115. The first-order valence-electron chi connectivity index (χ1n) is 8.83. The van der Waals surface area contributed by atoms with E-state index in [2.05, 4.69) is 15.6 Å². The van der Waals surface area contributed by atoms with Crippen molar-refractivity contribution in [2.24, 2.45) is 0 Å². The number of hydrogen-bond donors (Lipinski definition) is 2. The van der Waals surface area contributed by atoms with Gasteiger partial charge >= 0.3 is 0 Å². The first-order valence-corrected chi connectivity index (χ1v) is 9.70. The van der Waals surface area contributed by atoms with Gasteiger partial charge in [-0.1, -0.05) is 12.1 Å². The van der Waals surface area contributed by atoms with E-state index in [0.29, 0.717) is 27.9 Å². The molecule has 1 aromatic heterocycles. The Morgan fingerprint density at radius 2 is 1.83 bits per heavy atom. The van der Waals surface area contributed by atoms with Crippen molar-refractivity contribution in [2.45, 2.75) is 13.3 Å². The molecule has 0 atom stereocenters. The molecular formula is C21H21N3O4S. The Morgan fingerprint density at radius 3 is 2.55 bits per heavy atom. The molecule has 0 saturated carbocycles. The van der Waals surface area contributed by atoms with Crippen molar-refractivity contribution >= 4 is 34.0 Å². The van der Waals surface area contributed by atoms with Crippen molar-refractivity contribution in [3.05, 3.63) is 64.7 Å². The van der Waals surface area contributed by atoms with Crippen LogP contribution in [0.4, 0.5) is 10.8 Å². The molecule has 29 heavy (non-hydrogen) atoms. The predicted octanol–water partition coefficient (Wildman–Crippen LogP) is 3.90. The fourth-order valence-electron chi connectivity index (χ4n) is 2.68. The van der Waals surface area contributed by atoms with Crippen LogP contribution in [0.5, 0.6) is 11.5 Å². The number of nitrogens with one attached hydrogen (secondary N) is 2. The van der Waals surface area contributed by atoms with Gasteiger partial charge in [-0.2, -0.15) is 0 Å². The number of carbonyl (C=O) groups is 2. The van der Waals surface area contributed by atoms with Crippen molar-refractivity contribution < 1.29 is 19.1 Å². The second-order valence-electron chi connectivity index (χ2n) is 6.26. The number of aromatic nitrogens is 1. The van der Waals surface area contributed by atoms with Crippen LogP contribution in [0.2, 0.25) is 0 Å². The van der Waals surface area contributed by atoms with E-state index in [9.17, 15) is 9.59 Å². The van der Waals surface area contributed by atoms with Gasteiger partial charge < -0.3 is 14.8 Å². The van der Waals surface area contributed by atoms with E-state index in [0.717, 1.165) is 11.3 Å². The Kier molecular flexibility index (Phi) is 6.46. The molecule has 8 heteroatoms. The molecule has 0 aliphatic heterocycles. The first-order chi connectivity index (χ1) is 14.0. The summed E-state index contributed by atoms with van der Waals surface area (Å²) in [6, 6.07) is 12.5. The van der Waals surface area contributed by atoms with E-state index < -0.39 is 0 Å². The van der Waals surface area contributed by atoms with Gasteiger partial charge in [-0.15, -0.1) is 11.3 Å². The summed E-state index contributed by atoms with van der Waals surface area (Å²) in [4.78, 5) is 29.0. The summed E-state index contributed by atoms with van der Waals surface area (Å²) in [5.41, 5.74) is 2.81. The number of nitrogens with zero attached hydrogens (tertiary/aromatic N) is 1. The highest BCUT2D eigenvalue weighted by Crippen LogP contribution is 2.28. The standard InChI is InChI=1S/C21H21N3O4S/c1-13-5-4-6-15(9-13)22-19(25)11-16-12-29-21(23-16)24-20(26)14-7-8-17(27-2)18(10-14)28-3/h4-10,12H,11H2,1-3H3,(H,22,25)(H,23,24,26). The maximum Gasteiger partial charge on any atom is 0.257 e. The van der Waals surface area contributed by atoms with E-state index in [1.807, 2.05) is 31.2 Å². The van der Waals surface area contributed by atoms with E-state index >= 15 is 0 Å². The van der Waals surface area contributed by atoms with Crippen molar-refractivity contribution in [3.8, 4) is 11.5 Å². The topological polar surface area (TPSA) is 89.5 Å². The molecule has 2 aromatic carbocycles. The molecule has 0 radical (unpaired) electrons. The number of hydrogen-bond acceptors (Lipinski definition) is 6. The number of thiazole rings is 1. The van der Waals surface area contributed by atoms with Crippen LogP contribution in [0, 0.1) is 6.92 Å². The number of methoxy groups -OCH3 is 2. The minimum atomic E-state index is -0.323. The molecule has 0 spiro atoms. The molecule has 3 aromatic rings. The van der Waals surface area contributed by atoms with Crippen LogP contribution >= 0.6 is 11.3 Å². The summed E-state index contributed by atoms with van der Waals surface area (Å²) < 4.78 is 10.4. The molecule has 3 rings (SSSR count). The number of carbonyl (C=O) groups excluding carboxylic acids is 2. The third-order valence-electron chi connectivity index (χ3n) is 4.06. The zero-order chi connectivity index (χ0) is 20.8. The minimum Gasteiger partial charge on any atom is -0.493 e. The first kappa shape index (κ1) is 20.3. The summed E-state index contributed by atoms with van der Waals surface area (Å²) in [6.07, 6.45) is 0.122. The molecule has 0 aliphatic carbocycles. The molecule has 0 bridgehead atoms. The summed E-state index contributed by atoms with van der Waals surface area (Å²) in [5, 5.41) is 7.75. The number of aryl methyl sites for hydroxylation is 1. The second kappa shape index (κ2) is 9.20. The number of ether oxygens (including phenoxy) is 2. The van der Waals surface area contributed by atoms with E-state index in [-0.39, 0.29) is 18.2 Å². The lowest BCUT2D eigenvalue weighted by atomic mass is 10.2. The summed E-state index contributed by atoms with van der Waals surface area (Å²) >= 11 is 1.26. The highest BCUT2D eigenvalue weighted by atomic mass is 32.1. The SMILES string of the molecule is COc1ccc(C(=O)Nc2nc(CC(=O)Nc3cccc(C)c3)cs2)cc1OC. The van der Waals surface area contributed by atoms with Gasteiger partial charge in [0.2, 0.25) is 5.91 Å². The van der Waals surface area contributed by atoms with Crippen LogP contribution in [0.1, 0.15) is 21.6 Å². The van der Waals surface area contributed by atoms with Gasteiger partial charge in [0.15, 0.2) is 16.6 Å². The summed E-state index contributed by atoms with van der Waals surface area (Å²) in [7, 11) is 3.04. The van der Waals surface area contributed by atoms with Gasteiger partial charge in [0.25, 0.3) is 5.91 Å². The molecule has 0 unspecified atom stereocenters. The number of amides is 2. The minimum absolute atomic E-state index is 0.122. The summed E-state index contributed by atoms with van der Waals surface area (Å²) in [5.74, 6) is 0.516. The average Bonchev–Trinajstić information content (AvgIpc) is 3.13. The molecule has 1 heterocycles. The molecule has 7 nitrogen and oxygen atoms in total. The van der Waals surface area contributed by atoms with Crippen LogP contribution in [-0.2, 0) is 11.2 Å². The Hall–Kier alpha value is -3.39. The zero-order valence-corrected chi connectivity index (χ0v) is 17.1. The molecule has 0 fully saturated rings. The van der Waals surface area contributed by atoms with Crippen LogP contribution < -0.4 is 20.1 Å². The van der Waals surface area contributed by atoms with Crippen LogP contribution in [-0.4, -0.2) is 31.0 Å². The largest absolute Gasteiger partial charge is 0.493 e. The van der Waals surface area contributed by atoms with Crippen LogP contribution in [0.25, 0.3) is 0 Å². The lowest BCUT2D eigenvalue weighted by Gasteiger charge is -2.09. The smallest absolute Gasteiger partial charge is 0.257 e. The Labute approximate surface area is 172 Å². The number of anilines is 2. The van der Waals surface area contributed by atoms with E-state index in [4.69, 9.17) is 9.47 Å². The molecule has 2 amide bonds. The quantitative estimate of drug-likeness (QED) is 0.615. The Bertz CT molecular complexity index is 1030. The zero-order valence-electron chi connectivity index (χ0n) is 16.3. The van der Waals surface area contributed by atoms with Gasteiger partial charge in [-0.25, -0.2) is 4.98 Å². The highest BCUT2D eigenvalue weighted by Gasteiger charge is 2.14. The average molecular weight is 411 g/mol. The fourth-order valence-corrected chi connectivity index (χ4v) is 3.39.